The number of aromatic nitrogens is 3. The summed E-state index contributed by atoms with van der Waals surface area (Å²) in [6.45, 7) is 2.02. The van der Waals surface area contributed by atoms with Gasteiger partial charge in [0.25, 0.3) is 0 Å². The van der Waals surface area contributed by atoms with Crippen molar-refractivity contribution < 1.29 is 13.2 Å². The molecule has 0 saturated heterocycles. The Kier molecular flexibility index (Phi) is 6.13. The minimum atomic E-state index is -4.36. The van der Waals surface area contributed by atoms with Crippen molar-refractivity contribution in [3.63, 3.8) is 0 Å². The highest BCUT2D eigenvalue weighted by atomic mass is 32.2. The standard InChI is InChI=1S/C24H20F3N3S/c1-17-8-5-6-13-21(17)30-22(15-18-9-3-2-4-10-18)28-29-23(30)31-16-19-11-7-12-20(14-19)24(25,26)27/h2-14H,15-16H2,1H3. The number of nitrogens with zero attached hydrogens (tertiary/aromatic N) is 3. The molecular weight excluding hydrogens is 419 g/mol. The predicted molar refractivity (Wildman–Crippen MR) is 116 cm³/mol. The number of hydrogen-bond acceptors (Lipinski definition) is 3. The molecule has 0 N–H and O–H groups in total. The average Bonchev–Trinajstić information content (AvgIpc) is 3.15. The van der Waals surface area contributed by atoms with Crippen molar-refractivity contribution in [1.82, 2.24) is 14.8 Å². The molecule has 4 aromatic rings. The Morgan fingerprint density at radius 3 is 2.29 bits per heavy atom. The van der Waals surface area contributed by atoms with Gasteiger partial charge < -0.3 is 0 Å². The van der Waals surface area contributed by atoms with Crippen molar-refractivity contribution in [2.75, 3.05) is 0 Å². The van der Waals surface area contributed by atoms with E-state index < -0.39 is 11.7 Å². The van der Waals surface area contributed by atoms with Gasteiger partial charge in [-0.15, -0.1) is 10.2 Å². The van der Waals surface area contributed by atoms with Crippen LogP contribution in [0.25, 0.3) is 5.69 Å². The van der Waals surface area contributed by atoms with Crippen LogP contribution in [0.3, 0.4) is 0 Å². The second kappa shape index (κ2) is 8.98. The first-order valence-corrected chi connectivity index (χ1v) is 10.7. The lowest BCUT2D eigenvalue weighted by Crippen LogP contribution is -2.06. The van der Waals surface area contributed by atoms with Crippen LogP contribution >= 0.6 is 11.8 Å². The molecule has 0 bridgehead atoms. The summed E-state index contributed by atoms with van der Waals surface area (Å²) in [5.74, 6) is 1.14. The molecule has 0 saturated carbocycles. The smallest absolute Gasteiger partial charge is 0.273 e. The van der Waals surface area contributed by atoms with E-state index in [-0.39, 0.29) is 0 Å². The van der Waals surface area contributed by atoms with Crippen LogP contribution in [0.5, 0.6) is 0 Å². The second-order valence-electron chi connectivity index (χ2n) is 7.17. The van der Waals surface area contributed by atoms with Crippen LogP contribution in [-0.2, 0) is 18.3 Å². The van der Waals surface area contributed by atoms with Crippen molar-refractivity contribution in [1.29, 1.82) is 0 Å². The van der Waals surface area contributed by atoms with Crippen molar-refractivity contribution in [3.05, 3.63) is 107 Å². The van der Waals surface area contributed by atoms with Crippen molar-refractivity contribution in [3.8, 4) is 5.69 Å². The van der Waals surface area contributed by atoms with E-state index in [1.54, 1.807) is 6.07 Å². The lowest BCUT2D eigenvalue weighted by molar-refractivity contribution is -0.137. The summed E-state index contributed by atoms with van der Waals surface area (Å²) in [7, 11) is 0. The average molecular weight is 440 g/mol. The molecule has 0 aliphatic carbocycles. The lowest BCUT2D eigenvalue weighted by Gasteiger charge is -2.13. The first-order valence-electron chi connectivity index (χ1n) is 9.75. The zero-order valence-corrected chi connectivity index (χ0v) is 17.6. The van der Waals surface area contributed by atoms with Gasteiger partial charge in [-0.2, -0.15) is 13.2 Å². The Labute approximate surface area is 183 Å². The molecule has 0 atom stereocenters. The summed E-state index contributed by atoms with van der Waals surface area (Å²) >= 11 is 1.38. The number of halogens is 3. The maximum Gasteiger partial charge on any atom is 0.416 e. The van der Waals surface area contributed by atoms with E-state index >= 15 is 0 Å². The maximum absolute atomic E-state index is 13.0. The molecule has 3 nitrogen and oxygen atoms in total. The summed E-state index contributed by atoms with van der Waals surface area (Å²) in [5.41, 5.74) is 3.08. The van der Waals surface area contributed by atoms with Gasteiger partial charge in [-0.25, -0.2) is 0 Å². The summed E-state index contributed by atoms with van der Waals surface area (Å²) in [6.07, 6.45) is -3.75. The zero-order chi connectivity index (χ0) is 21.8. The third kappa shape index (κ3) is 4.99. The third-order valence-electron chi connectivity index (χ3n) is 4.88. The highest BCUT2D eigenvalue weighted by Crippen LogP contribution is 2.32. The van der Waals surface area contributed by atoms with Gasteiger partial charge in [0, 0.05) is 12.2 Å². The number of hydrogen-bond donors (Lipinski definition) is 0. The van der Waals surface area contributed by atoms with Gasteiger partial charge in [-0.3, -0.25) is 4.57 Å². The summed E-state index contributed by atoms with van der Waals surface area (Å²) in [6, 6.07) is 23.3. The monoisotopic (exact) mass is 439 g/mol. The third-order valence-corrected chi connectivity index (χ3v) is 5.88. The van der Waals surface area contributed by atoms with Crippen LogP contribution in [0.1, 0.15) is 28.1 Å². The molecule has 0 aliphatic heterocycles. The van der Waals surface area contributed by atoms with E-state index in [9.17, 15) is 13.2 Å². The number of alkyl halides is 3. The number of thioether (sulfide) groups is 1. The molecule has 0 aliphatic rings. The van der Waals surface area contributed by atoms with Crippen LogP contribution in [-0.4, -0.2) is 14.8 Å². The van der Waals surface area contributed by atoms with E-state index in [1.165, 1.54) is 23.9 Å². The molecule has 3 aromatic carbocycles. The Balaban J connectivity index is 1.66. The van der Waals surface area contributed by atoms with Crippen LogP contribution < -0.4 is 0 Å². The molecular formula is C24H20F3N3S. The molecule has 7 heteroatoms. The largest absolute Gasteiger partial charge is 0.416 e. The predicted octanol–water partition coefficient (Wildman–Crippen LogP) is 6.48. The van der Waals surface area contributed by atoms with E-state index in [0.717, 1.165) is 28.7 Å². The summed E-state index contributed by atoms with van der Waals surface area (Å²) < 4.78 is 41.1. The summed E-state index contributed by atoms with van der Waals surface area (Å²) in [5, 5.41) is 9.43. The SMILES string of the molecule is Cc1ccccc1-n1c(Cc2ccccc2)nnc1SCc1cccc(C(F)(F)F)c1. The quantitative estimate of drug-likeness (QED) is 0.322. The molecule has 0 unspecified atom stereocenters. The van der Waals surface area contributed by atoms with Gasteiger partial charge in [0.15, 0.2) is 5.16 Å². The minimum absolute atomic E-state index is 0.360. The Morgan fingerprint density at radius 1 is 0.839 bits per heavy atom. The van der Waals surface area contributed by atoms with Crippen LogP contribution in [0.2, 0.25) is 0 Å². The fourth-order valence-corrected chi connectivity index (χ4v) is 4.24. The Bertz CT molecular complexity index is 1170. The number of rotatable bonds is 6. The van der Waals surface area contributed by atoms with Crippen LogP contribution in [0.15, 0.2) is 84.0 Å². The molecule has 0 spiro atoms. The Morgan fingerprint density at radius 2 is 1.55 bits per heavy atom. The van der Waals surface area contributed by atoms with Gasteiger partial charge in [0.2, 0.25) is 0 Å². The maximum atomic E-state index is 13.0. The lowest BCUT2D eigenvalue weighted by atomic mass is 10.1. The van der Waals surface area contributed by atoms with Crippen molar-refractivity contribution in [2.24, 2.45) is 0 Å². The topological polar surface area (TPSA) is 30.7 Å². The molecule has 1 heterocycles. The minimum Gasteiger partial charge on any atom is -0.273 e. The van der Waals surface area contributed by atoms with Crippen molar-refractivity contribution >= 4 is 11.8 Å². The van der Waals surface area contributed by atoms with Crippen molar-refractivity contribution in [2.45, 2.75) is 30.4 Å². The van der Waals surface area contributed by atoms with E-state index in [4.69, 9.17) is 0 Å². The number of benzene rings is 3. The molecule has 0 radical (unpaired) electrons. The molecule has 1 aromatic heterocycles. The fourth-order valence-electron chi connectivity index (χ4n) is 3.33. The van der Waals surface area contributed by atoms with E-state index in [0.29, 0.717) is 22.9 Å². The zero-order valence-electron chi connectivity index (χ0n) is 16.8. The normalized spacial score (nSPS) is 11.6. The number of para-hydroxylation sites is 1. The van der Waals surface area contributed by atoms with Gasteiger partial charge in [0.05, 0.1) is 11.3 Å². The van der Waals surface area contributed by atoms with E-state index in [1.807, 2.05) is 66.1 Å². The summed E-state index contributed by atoms with van der Waals surface area (Å²) in [4.78, 5) is 0. The highest BCUT2D eigenvalue weighted by molar-refractivity contribution is 7.98. The van der Waals surface area contributed by atoms with E-state index in [2.05, 4.69) is 10.2 Å². The van der Waals surface area contributed by atoms with Crippen LogP contribution in [0.4, 0.5) is 13.2 Å². The Hall–Kier alpha value is -3.06. The highest BCUT2D eigenvalue weighted by Gasteiger charge is 2.30. The number of aryl methyl sites for hydroxylation is 1. The molecule has 0 amide bonds. The van der Waals surface area contributed by atoms with Gasteiger partial charge in [0.1, 0.15) is 5.82 Å². The molecule has 0 fully saturated rings. The molecule has 158 valence electrons. The van der Waals surface area contributed by atoms with Gasteiger partial charge in [-0.1, -0.05) is 78.5 Å². The van der Waals surface area contributed by atoms with Gasteiger partial charge in [-0.05, 0) is 35.7 Å². The molecule has 4 rings (SSSR count). The molecule has 31 heavy (non-hydrogen) atoms. The van der Waals surface area contributed by atoms with Gasteiger partial charge >= 0.3 is 6.18 Å². The second-order valence-corrected chi connectivity index (χ2v) is 8.11. The first-order chi connectivity index (χ1) is 14.9. The fraction of sp³-hybridized carbons (Fsp3) is 0.167. The van der Waals surface area contributed by atoms with Crippen LogP contribution in [0, 0.1) is 6.92 Å². The first kappa shape index (κ1) is 21.2.